The number of likely N-dealkylation sites (N-methyl/N-ethyl adjacent to an activating group) is 1. The molecule has 1 amide bonds. The minimum Gasteiger partial charge on any atom is -0.466 e. The van der Waals surface area contributed by atoms with Crippen molar-refractivity contribution in [2.75, 3.05) is 71.0 Å². The molecule has 2 N–H and O–H groups in total. The van der Waals surface area contributed by atoms with Gasteiger partial charge in [0.1, 0.15) is 0 Å². The first-order chi connectivity index (χ1) is 23.4. The van der Waals surface area contributed by atoms with Crippen LogP contribution >= 0.6 is 11.8 Å². The van der Waals surface area contributed by atoms with Crippen molar-refractivity contribution in [3.8, 4) is 0 Å². The minimum absolute atomic E-state index is 0.0254. The SMILES string of the molecule is CCCCCCCCOC(=O)CCSCCC(NC(=O)C(CCCCCC)CCCCCCCC)C(=O)CNCCN1CCN(C)CC1. The molecule has 0 bridgehead atoms. The van der Waals surface area contributed by atoms with Crippen LogP contribution in [0.1, 0.15) is 149 Å². The summed E-state index contributed by atoms with van der Waals surface area (Å²) in [6.45, 7) is 13.4. The largest absolute Gasteiger partial charge is 0.466 e. The van der Waals surface area contributed by atoms with Crippen molar-refractivity contribution in [2.24, 2.45) is 5.92 Å². The summed E-state index contributed by atoms with van der Waals surface area (Å²) in [7, 11) is 2.16. The van der Waals surface area contributed by atoms with E-state index in [9.17, 15) is 14.4 Å². The van der Waals surface area contributed by atoms with Gasteiger partial charge in [-0.2, -0.15) is 11.8 Å². The van der Waals surface area contributed by atoms with Crippen LogP contribution in [0, 0.1) is 5.92 Å². The lowest BCUT2D eigenvalue weighted by molar-refractivity contribution is -0.143. The molecule has 0 aromatic heterocycles. The van der Waals surface area contributed by atoms with Gasteiger partial charge in [-0.05, 0) is 38.5 Å². The lowest BCUT2D eigenvalue weighted by Gasteiger charge is -2.32. The number of amides is 1. The van der Waals surface area contributed by atoms with E-state index in [-0.39, 0.29) is 30.1 Å². The number of thioether (sulfide) groups is 1. The van der Waals surface area contributed by atoms with Crippen molar-refractivity contribution in [3.05, 3.63) is 0 Å². The van der Waals surface area contributed by atoms with Gasteiger partial charge in [0.15, 0.2) is 5.78 Å². The number of carbonyl (C=O) groups is 3. The molecular weight excluding hydrogens is 621 g/mol. The van der Waals surface area contributed by atoms with E-state index in [1.165, 1.54) is 70.6 Å². The number of ether oxygens (including phenoxy) is 1. The van der Waals surface area contributed by atoms with Crippen LogP contribution in [0.4, 0.5) is 0 Å². The first-order valence-corrected chi connectivity index (χ1v) is 21.2. The summed E-state index contributed by atoms with van der Waals surface area (Å²) in [6, 6.07) is -0.497. The zero-order valence-electron chi connectivity index (χ0n) is 31.8. The molecule has 2 unspecified atom stereocenters. The van der Waals surface area contributed by atoms with Crippen molar-refractivity contribution in [1.29, 1.82) is 0 Å². The van der Waals surface area contributed by atoms with Crippen LogP contribution in [-0.4, -0.2) is 104 Å². The lowest BCUT2D eigenvalue weighted by atomic mass is 9.93. The molecule has 1 saturated heterocycles. The number of ketones is 1. The molecule has 0 aliphatic carbocycles. The minimum atomic E-state index is -0.497. The summed E-state index contributed by atoms with van der Waals surface area (Å²) in [5, 5.41) is 6.58. The number of hydrogen-bond acceptors (Lipinski definition) is 8. The number of esters is 1. The summed E-state index contributed by atoms with van der Waals surface area (Å²) >= 11 is 1.67. The van der Waals surface area contributed by atoms with Crippen molar-refractivity contribution < 1.29 is 19.1 Å². The zero-order chi connectivity index (χ0) is 35.1. The maximum absolute atomic E-state index is 13.7. The molecular formula is C39H76N4O4S. The number of Topliss-reactive ketones (excluding diaryl/α,β-unsaturated/α-hetero) is 1. The van der Waals surface area contributed by atoms with Gasteiger partial charge in [0, 0.05) is 50.9 Å². The molecule has 8 nitrogen and oxygen atoms in total. The van der Waals surface area contributed by atoms with Gasteiger partial charge in [-0.25, -0.2) is 0 Å². The van der Waals surface area contributed by atoms with E-state index in [1.807, 2.05) is 0 Å². The van der Waals surface area contributed by atoms with Crippen LogP contribution in [-0.2, 0) is 19.1 Å². The average Bonchev–Trinajstić information content (AvgIpc) is 3.08. The molecule has 0 aromatic rings. The fraction of sp³-hybridized carbons (Fsp3) is 0.923. The standard InChI is InChI=1S/C39H76N4O4S/c1-5-8-11-14-16-19-22-35(21-18-13-10-7-3)39(46)41-36(37(44)34-40-25-26-43-29-27-42(4)28-30-43)23-32-48-33-24-38(45)47-31-20-17-15-12-9-6-2/h35-36,40H,5-34H2,1-4H3,(H,41,46). The highest BCUT2D eigenvalue weighted by molar-refractivity contribution is 7.99. The van der Waals surface area contributed by atoms with E-state index in [0.29, 0.717) is 25.2 Å². The van der Waals surface area contributed by atoms with Crippen molar-refractivity contribution in [3.63, 3.8) is 0 Å². The van der Waals surface area contributed by atoms with E-state index in [0.717, 1.165) is 90.0 Å². The predicted molar refractivity (Wildman–Crippen MR) is 205 cm³/mol. The normalized spacial score (nSPS) is 15.3. The van der Waals surface area contributed by atoms with Gasteiger partial charge in [0.05, 0.1) is 25.6 Å². The van der Waals surface area contributed by atoms with Crippen molar-refractivity contribution >= 4 is 29.4 Å². The Balaban J connectivity index is 2.60. The van der Waals surface area contributed by atoms with Crippen LogP contribution in [0.3, 0.4) is 0 Å². The fourth-order valence-electron chi connectivity index (χ4n) is 6.24. The highest BCUT2D eigenvalue weighted by atomic mass is 32.2. The van der Waals surface area contributed by atoms with Crippen LogP contribution in [0.15, 0.2) is 0 Å². The molecule has 1 fully saturated rings. The fourth-order valence-corrected chi connectivity index (χ4v) is 7.16. The number of carbonyl (C=O) groups excluding carboxylic acids is 3. The van der Waals surface area contributed by atoms with Crippen LogP contribution < -0.4 is 10.6 Å². The predicted octanol–water partition coefficient (Wildman–Crippen LogP) is 7.63. The van der Waals surface area contributed by atoms with Gasteiger partial charge < -0.3 is 20.3 Å². The molecule has 1 rings (SSSR count). The van der Waals surface area contributed by atoms with E-state index in [4.69, 9.17) is 4.74 Å². The smallest absolute Gasteiger partial charge is 0.306 e. The van der Waals surface area contributed by atoms with E-state index in [2.05, 4.69) is 48.3 Å². The third-order valence-corrected chi connectivity index (χ3v) is 10.7. The summed E-state index contributed by atoms with van der Waals surface area (Å²) in [5.41, 5.74) is 0. The highest BCUT2D eigenvalue weighted by Crippen LogP contribution is 2.20. The van der Waals surface area contributed by atoms with Crippen molar-refractivity contribution in [1.82, 2.24) is 20.4 Å². The zero-order valence-corrected chi connectivity index (χ0v) is 32.6. The Hall–Kier alpha value is -1.16. The Morgan fingerprint density at radius 2 is 1.27 bits per heavy atom. The highest BCUT2D eigenvalue weighted by Gasteiger charge is 2.25. The van der Waals surface area contributed by atoms with Crippen LogP contribution in [0.5, 0.6) is 0 Å². The molecule has 2 atom stereocenters. The Kier molecular flexibility index (Phi) is 29.7. The van der Waals surface area contributed by atoms with Gasteiger partial charge in [-0.3, -0.25) is 19.3 Å². The number of piperazine rings is 1. The summed E-state index contributed by atoms with van der Waals surface area (Å²) in [6.07, 6.45) is 21.7. The molecule has 0 aromatic carbocycles. The number of nitrogens with one attached hydrogen (secondary N) is 2. The summed E-state index contributed by atoms with van der Waals surface area (Å²) in [4.78, 5) is 44.1. The Morgan fingerprint density at radius 1 is 0.708 bits per heavy atom. The third-order valence-electron chi connectivity index (χ3n) is 9.65. The Morgan fingerprint density at radius 3 is 1.90 bits per heavy atom. The maximum Gasteiger partial charge on any atom is 0.306 e. The van der Waals surface area contributed by atoms with E-state index >= 15 is 0 Å². The van der Waals surface area contributed by atoms with Gasteiger partial charge in [0.2, 0.25) is 5.91 Å². The molecule has 1 aliphatic rings. The summed E-state index contributed by atoms with van der Waals surface area (Å²) < 4.78 is 5.43. The second-order valence-electron chi connectivity index (χ2n) is 14.1. The topological polar surface area (TPSA) is 91.0 Å². The number of unbranched alkanes of at least 4 members (excludes halogenated alkanes) is 13. The van der Waals surface area contributed by atoms with Gasteiger partial charge in [-0.1, -0.05) is 117 Å². The number of rotatable bonds is 33. The third kappa shape index (κ3) is 24.9. The molecule has 0 spiro atoms. The van der Waals surface area contributed by atoms with Gasteiger partial charge in [0.25, 0.3) is 0 Å². The molecule has 48 heavy (non-hydrogen) atoms. The monoisotopic (exact) mass is 697 g/mol. The molecule has 1 aliphatic heterocycles. The molecule has 0 saturated carbocycles. The van der Waals surface area contributed by atoms with Gasteiger partial charge >= 0.3 is 5.97 Å². The molecule has 9 heteroatoms. The van der Waals surface area contributed by atoms with Crippen molar-refractivity contribution in [2.45, 2.75) is 155 Å². The first kappa shape index (κ1) is 44.9. The van der Waals surface area contributed by atoms with Crippen LogP contribution in [0.2, 0.25) is 0 Å². The second kappa shape index (κ2) is 31.8. The number of nitrogens with zero attached hydrogens (tertiary/aromatic N) is 2. The maximum atomic E-state index is 13.7. The summed E-state index contributed by atoms with van der Waals surface area (Å²) in [5.74, 6) is 1.35. The second-order valence-corrected chi connectivity index (χ2v) is 15.3. The molecule has 0 radical (unpaired) electrons. The van der Waals surface area contributed by atoms with E-state index < -0.39 is 6.04 Å². The number of hydrogen-bond donors (Lipinski definition) is 2. The van der Waals surface area contributed by atoms with Crippen LogP contribution in [0.25, 0.3) is 0 Å². The Bertz CT molecular complexity index is 794. The Labute approximate surface area is 300 Å². The van der Waals surface area contributed by atoms with Gasteiger partial charge in [-0.15, -0.1) is 0 Å². The van der Waals surface area contributed by atoms with E-state index in [1.54, 1.807) is 11.8 Å². The quantitative estimate of drug-likeness (QED) is 0.0535. The lowest BCUT2D eigenvalue weighted by Crippen LogP contribution is -2.49. The molecule has 282 valence electrons. The first-order valence-electron chi connectivity index (χ1n) is 20.1. The molecule has 1 heterocycles. The average molecular weight is 697 g/mol.